The van der Waals surface area contributed by atoms with Gasteiger partial charge in [-0.3, -0.25) is 0 Å². The molecule has 0 saturated heterocycles. The molecule has 0 aliphatic carbocycles. The van der Waals surface area contributed by atoms with Gasteiger partial charge in [-0.1, -0.05) is 60.7 Å². The molecule has 0 heterocycles. The molecule has 2 aromatic rings. The van der Waals surface area contributed by atoms with Crippen molar-refractivity contribution in [3.8, 4) is 0 Å². The van der Waals surface area contributed by atoms with Crippen molar-refractivity contribution in [2.45, 2.75) is 18.6 Å². The van der Waals surface area contributed by atoms with Gasteiger partial charge in [-0.15, -0.1) is 0 Å². The van der Waals surface area contributed by atoms with Gasteiger partial charge in [-0.2, -0.15) is 0 Å². The quantitative estimate of drug-likeness (QED) is 0.796. The van der Waals surface area contributed by atoms with Crippen molar-refractivity contribution in [1.82, 2.24) is 0 Å². The molecule has 0 amide bonds. The highest BCUT2D eigenvalue weighted by Gasteiger charge is 2.37. The number of benzene rings is 2. The first-order valence-corrected chi connectivity index (χ1v) is 6.83. The second kappa shape index (κ2) is 7.02. The molecule has 2 rings (SSSR count). The van der Waals surface area contributed by atoms with Crippen molar-refractivity contribution in [3.05, 3.63) is 71.8 Å². The first-order chi connectivity index (χ1) is 10.2. The van der Waals surface area contributed by atoms with Gasteiger partial charge in [0.05, 0.1) is 0 Å². The van der Waals surface area contributed by atoms with Gasteiger partial charge in [-0.25, -0.2) is 4.79 Å². The third-order valence-corrected chi connectivity index (χ3v) is 3.37. The molecule has 4 nitrogen and oxygen atoms in total. The maximum Gasteiger partial charge on any atom is 0.331 e. The first-order valence-electron chi connectivity index (χ1n) is 6.83. The summed E-state index contributed by atoms with van der Waals surface area (Å²) in [5.74, 6) is -0.536. The minimum Gasteiger partial charge on any atom is -0.459 e. The van der Waals surface area contributed by atoms with Crippen LogP contribution in [0, 0.1) is 0 Å². The number of aliphatic hydroxyl groups excluding tert-OH is 1. The van der Waals surface area contributed by atoms with Crippen LogP contribution in [0.2, 0.25) is 0 Å². The molecule has 110 valence electrons. The van der Waals surface area contributed by atoms with Crippen LogP contribution in [0.1, 0.15) is 17.5 Å². The number of esters is 1. The van der Waals surface area contributed by atoms with Gasteiger partial charge in [0.2, 0.25) is 0 Å². The highest BCUT2D eigenvalue weighted by molar-refractivity contribution is 5.82. The Morgan fingerprint density at radius 1 is 1.05 bits per heavy atom. The van der Waals surface area contributed by atoms with Crippen LogP contribution in [0.5, 0.6) is 0 Å². The van der Waals surface area contributed by atoms with E-state index >= 15 is 0 Å². The van der Waals surface area contributed by atoms with Crippen LogP contribution in [0.4, 0.5) is 0 Å². The molecule has 0 radical (unpaired) electrons. The summed E-state index contributed by atoms with van der Waals surface area (Å²) in [6.45, 7) is -0.0251. The van der Waals surface area contributed by atoms with Crippen LogP contribution < -0.4 is 5.73 Å². The largest absolute Gasteiger partial charge is 0.459 e. The summed E-state index contributed by atoms with van der Waals surface area (Å²) in [7, 11) is 0. The summed E-state index contributed by atoms with van der Waals surface area (Å²) in [6.07, 6.45) is 0.116. The molecule has 1 atom stereocenters. The molecule has 0 aromatic heterocycles. The van der Waals surface area contributed by atoms with E-state index in [-0.39, 0.29) is 19.6 Å². The van der Waals surface area contributed by atoms with Crippen LogP contribution in [0.25, 0.3) is 0 Å². The van der Waals surface area contributed by atoms with E-state index in [9.17, 15) is 9.90 Å². The number of carbonyl (C=O) groups is 1. The second-order valence-corrected chi connectivity index (χ2v) is 4.87. The molecule has 3 N–H and O–H groups in total. The number of rotatable bonds is 6. The van der Waals surface area contributed by atoms with Gasteiger partial charge in [0.25, 0.3) is 0 Å². The third-order valence-electron chi connectivity index (χ3n) is 3.37. The van der Waals surface area contributed by atoms with Crippen LogP contribution in [-0.4, -0.2) is 17.7 Å². The minimum atomic E-state index is -1.33. The Morgan fingerprint density at radius 2 is 1.62 bits per heavy atom. The number of carbonyl (C=O) groups excluding carboxylic acids is 1. The molecule has 0 saturated carbocycles. The third kappa shape index (κ3) is 3.68. The molecule has 0 spiro atoms. The molecule has 4 heteroatoms. The fraction of sp³-hybridized carbons (Fsp3) is 0.235. The molecule has 0 aliphatic rings. The van der Waals surface area contributed by atoms with Crippen molar-refractivity contribution >= 4 is 5.97 Å². The molecule has 0 bridgehead atoms. The lowest BCUT2D eigenvalue weighted by Crippen LogP contribution is -2.46. The molecule has 0 unspecified atom stereocenters. The average Bonchev–Trinajstić information content (AvgIpc) is 2.54. The van der Waals surface area contributed by atoms with Gasteiger partial charge in [0.1, 0.15) is 12.1 Å². The second-order valence-electron chi connectivity index (χ2n) is 4.87. The predicted molar refractivity (Wildman–Crippen MR) is 80.2 cm³/mol. The van der Waals surface area contributed by atoms with Gasteiger partial charge in [-0.05, 0) is 11.1 Å². The van der Waals surface area contributed by atoms with E-state index in [0.717, 1.165) is 5.56 Å². The zero-order chi connectivity index (χ0) is 15.1. The van der Waals surface area contributed by atoms with Crippen LogP contribution in [-0.2, 0) is 21.7 Å². The van der Waals surface area contributed by atoms with Crippen molar-refractivity contribution < 1.29 is 14.6 Å². The lowest BCUT2D eigenvalue weighted by atomic mass is 9.88. The van der Waals surface area contributed by atoms with Gasteiger partial charge < -0.3 is 15.6 Å². The van der Waals surface area contributed by atoms with E-state index in [1.807, 2.05) is 36.4 Å². The van der Waals surface area contributed by atoms with E-state index in [1.54, 1.807) is 24.3 Å². The highest BCUT2D eigenvalue weighted by Crippen LogP contribution is 2.24. The topological polar surface area (TPSA) is 72.5 Å². The lowest BCUT2D eigenvalue weighted by Gasteiger charge is -2.27. The van der Waals surface area contributed by atoms with Crippen molar-refractivity contribution in [2.75, 3.05) is 6.61 Å². The molecule has 0 aliphatic heterocycles. The zero-order valence-corrected chi connectivity index (χ0v) is 11.7. The predicted octanol–water partition coefficient (Wildman–Crippen LogP) is 1.97. The fourth-order valence-electron chi connectivity index (χ4n) is 2.13. The van der Waals surface area contributed by atoms with Crippen LogP contribution in [0.15, 0.2) is 60.7 Å². The Balaban J connectivity index is 2.12. The summed E-state index contributed by atoms with van der Waals surface area (Å²) < 4.78 is 5.33. The van der Waals surface area contributed by atoms with E-state index in [4.69, 9.17) is 10.5 Å². The number of hydrogen-bond donors (Lipinski definition) is 2. The summed E-state index contributed by atoms with van der Waals surface area (Å²) in [6, 6.07) is 18.4. The summed E-state index contributed by atoms with van der Waals surface area (Å²) in [5, 5.41) is 9.21. The monoisotopic (exact) mass is 285 g/mol. The van der Waals surface area contributed by atoms with Crippen molar-refractivity contribution in [3.63, 3.8) is 0 Å². The molecule has 0 fully saturated rings. The van der Waals surface area contributed by atoms with Crippen molar-refractivity contribution in [1.29, 1.82) is 0 Å². The minimum absolute atomic E-state index is 0.116. The van der Waals surface area contributed by atoms with Crippen molar-refractivity contribution in [2.24, 2.45) is 5.73 Å². The Labute approximate surface area is 124 Å². The normalized spacial score (nSPS) is 13.4. The van der Waals surface area contributed by atoms with E-state index < -0.39 is 11.5 Å². The molecule has 2 aromatic carbocycles. The molecular formula is C17H19NO3. The Morgan fingerprint density at radius 3 is 2.19 bits per heavy atom. The molecular weight excluding hydrogens is 266 g/mol. The number of hydrogen-bond acceptors (Lipinski definition) is 4. The van der Waals surface area contributed by atoms with Gasteiger partial charge in [0.15, 0.2) is 0 Å². The summed E-state index contributed by atoms with van der Waals surface area (Å²) in [5.41, 5.74) is 6.40. The standard InChI is InChI=1S/C17H19NO3/c18-17(11-12-19,15-9-5-2-6-10-15)16(20)21-13-14-7-3-1-4-8-14/h1-10,19H,11-13,18H2/t17-/m1/s1. The number of aliphatic hydroxyl groups is 1. The maximum atomic E-state index is 12.4. The summed E-state index contributed by atoms with van der Waals surface area (Å²) in [4.78, 5) is 12.4. The smallest absolute Gasteiger partial charge is 0.331 e. The Hall–Kier alpha value is -2.17. The lowest BCUT2D eigenvalue weighted by molar-refractivity contribution is -0.152. The Bertz CT molecular complexity index is 571. The molecule has 21 heavy (non-hydrogen) atoms. The van der Waals surface area contributed by atoms with Crippen LogP contribution >= 0.6 is 0 Å². The number of ether oxygens (including phenoxy) is 1. The average molecular weight is 285 g/mol. The number of nitrogens with two attached hydrogens (primary N) is 1. The van der Waals surface area contributed by atoms with E-state index in [2.05, 4.69) is 0 Å². The summed E-state index contributed by atoms with van der Waals surface area (Å²) >= 11 is 0. The SMILES string of the molecule is N[C@@](CCO)(C(=O)OCc1ccccc1)c1ccccc1. The van der Waals surface area contributed by atoms with E-state index in [1.165, 1.54) is 0 Å². The van der Waals surface area contributed by atoms with E-state index in [0.29, 0.717) is 5.56 Å². The maximum absolute atomic E-state index is 12.4. The highest BCUT2D eigenvalue weighted by atomic mass is 16.5. The van der Waals surface area contributed by atoms with Crippen LogP contribution in [0.3, 0.4) is 0 Å². The van der Waals surface area contributed by atoms with Gasteiger partial charge >= 0.3 is 5.97 Å². The fourth-order valence-corrected chi connectivity index (χ4v) is 2.13. The van der Waals surface area contributed by atoms with Gasteiger partial charge in [0, 0.05) is 13.0 Å². The first kappa shape index (κ1) is 15.2. The Kier molecular flexibility index (Phi) is 5.09. The zero-order valence-electron chi connectivity index (χ0n) is 11.7.